The van der Waals surface area contributed by atoms with Gasteiger partial charge in [-0.1, -0.05) is 24.3 Å². The summed E-state index contributed by atoms with van der Waals surface area (Å²) in [4.78, 5) is 24.9. The summed E-state index contributed by atoms with van der Waals surface area (Å²) >= 11 is 0. The van der Waals surface area contributed by atoms with Gasteiger partial charge in [-0.15, -0.1) is 0 Å². The molecule has 1 aliphatic rings. The van der Waals surface area contributed by atoms with E-state index in [1.807, 2.05) is 43.3 Å². The molecule has 1 aromatic heterocycles. The van der Waals surface area contributed by atoms with Crippen molar-refractivity contribution in [2.24, 2.45) is 0 Å². The molecule has 6 heteroatoms. The number of benzene rings is 2. The number of aromatic amines is 1. The van der Waals surface area contributed by atoms with Crippen molar-refractivity contribution in [1.29, 1.82) is 0 Å². The fourth-order valence-electron chi connectivity index (χ4n) is 3.90. The average Bonchev–Trinajstić information content (AvgIpc) is 2.75. The van der Waals surface area contributed by atoms with E-state index in [-0.39, 0.29) is 11.6 Å². The van der Waals surface area contributed by atoms with E-state index in [1.165, 1.54) is 5.56 Å². The lowest BCUT2D eigenvalue weighted by atomic mass is 10.1. The summed E-state index contributed by atoms with van der Waals surface area (Å²) < 4.78 is 5.52. The molecule has 2 aromatic carbocycles. The van der Waals surface area contributed by atoms with Gasteiger partial charge in [0.25, 0.3) is 5.56 Å². The predicted molar refractivity (Wildman–Crippen MR) is 115 cm³/mol. The molecular formula is C23H28N4O2. The van der Waals surface area contributed by atoms with E-state index in [2.05, 4.69) is 33.8 Å². The molecule has 152 valence electrons. The molecule has 29 heavy (non-hydrogen) atoms. The zero-order chi connectivity index (χ0) is 20.2. The van der Waals surface area contributed by atoms with Crippen LogP contribution in [0.25, 0.3) is 10.9 Å². The molecule has 1 aliphatic heterocycles. The van der Waals surface area contributed by atoms with Gasteiger partial charge in [0.05, 0.1) is 23.6 Å². The van der Waals surface area contributed by atoms with Crippen LogP contribution < -0.4 is 10.3 Å². The van der Waals surface area contributed by atoms with Crippen molar-refractivity contribution in [3.63, 3.8) is 0 Å². The monoisotopic (exact) mass is 392 g/mol. The number of para-hydroxylation sites is 1. The van der Waals surface area contributed by atoms with E-state index in [9.17, 15) is 4.79 Å². The second kappa shape index (κ2) is 8.76. The first-order chi connectivity index (χ1) is 14.1. The maximum absolute atomic E-state index is 12.4. The van der Waals surface area contributed by atoms with E-state index in [4.69, 9.17) is 9.72 Å². The third-order valence-electron chi connectivity index (χ3n) is 5.62. The summed E-state index contributed by atoms with van der Waals surface area (Å²) in [5.41, 5.74) is 1.99. The Labute approximate surface area is 171 Å². The van der Waals surface area contributed by atoms with Crippen LogP contribution in [0.4, 0.5) is 0 Å². The van der Waals surface area contributed by atoms with Crippen LogP contribution in [0.15, 0.2) is 53.3 Å². The molecule has 0 saturated carbocycles. The van der Waals surface area contributed by atoms with Crippen molar-refractivity contribution in [3.8, 4) is 5.75 Å². The number of rotatable bonds is 6. The quantitative estimate of drug-likeness (QED) is 0.698. The number of fused-ring (bicyclic) bond motifs is 1. The molecule has 0 bridgehead atoms. The second-order valence-electron chi connectivity index (χ2n) is 7.53. The molecule has 6 nitrogen and oxygen atoms in total. The molecular weight excluding hydrogens is 364 g/mol. The van der Waals surface area contributed by atoms with Gasteiger partial charge in [-0.05, 0) is 43.7 Å². The van der Waals surface area contributed by atoms with Gasteiger partial charge in [0, 0.05) is 32.7 Å². The van der Waals surface area contributed by atoms with E-state index in [0.29, 0.717) is 12.0 Å². The highest BCUT2D eigenvalue weighted by Crippen LogP contribution is 2.20. The van der Waals surface area contributed by atoms with Crippen molar-refractivity contribution < 1.29 is 4.74 Å². The minimum Gasteiger partial charge on any atom is -0.494 e. The Kier molecular flexibility index (Phi) is 5.92. The molecule has 0 radical (unpaired) electrons. The number of piperazine rings is 1. The van der Waals surface area contributed by atoms with Crippen molar-refractivity contribution >= 4 is 10.9 Å². The number of ether oxygens (including phenoxy) is 1. The Morgan fingerprint density at radius 3 is 2.52 bits per heavy atom. The SMILES string of the molecule is CCOc1ccc(CN2CCN(C(C)c3nc4ccccc4c(=O)[nH]3)CC2)cc1. The Bertz CT molecular complexity index is 1010. The zero-order valence-corrected chi connectivity index (χ0v) is 17.1. The van der Waals surface area contributed by atoms with Gasteiger partial charge < -0.3 is 9.72 Å². The topological polar surface area (TPSA) is 61.5 Å². The number of hydrogen-bond donors (Lipinski definition) is 1. The fraction of sp³-hybridized carbons (Fsp3) is 0.391. The van der Waals surface area contributed by atoms with Crippen LogP contribution in [0.3, 0.4) is 0 Å². The van der Waals surface area contributed by atoms with Crippen molar-refractivity contribution in [3.05, 3.63) is 70.3 Å². The van der Waals surface area contributed by atoms with Crippen molar-refractivity contribution in [2.45, 2.75) is 26.4 Å². The van der Waals surface area contributed by atoms with Gasteiger partial charge in [0.1, 0.15) is 11.6 Å². The molecule has 1 unspecified atom stereocenters. The van der Waals surface area contributed by atoms with Crippen LogP contribution in [0, 0.1) is 0 Å². The van der Waals surface area contributed by atoms with Crippen LogP contribution >= 0.6 is 0 Å². The highest BCUT2D eigenvalue weighted by atomic mass is 16.5. The Morgan fingerprint density at radius 1 is 1.07 bits per heavy atom. The summed E-state index contributed by atoms with van der Waals surface area (Å²) in [6.45, 7) is 9.65. The van der Waals surface area contributed by atoms with E-state index >= 15 is 0 Å². The second-order valence-corrected chi connectivity index (χ2v) is 7.53. The molecule has 3 aromatic rings. The number of hydrogen-bond acceptors (Lipinski definition) is 5. The number of nitrogens with zero attached hydrogens (tertiary/aromatic N) is 3. The van der Waals surface area contributed by atoms with Crippen LogP contribution in [-0.4, -0.2) is 52.6 Å². The zero-order valence-electron chi connectivity index (χ0n) is 17.1. The van der Waals surface area contributed by atoms with E-state index < -0.39 is 0 Å². The molecule has 1 fully saturated rings. The fourth-order valence-corrected chi connectivity index (χ4v) is 3.90. The number of nitrogens with one attached hydrogen (secondary N) is 1. The molecule has 0 spiro atoms. The third kappa shape index (κ3) is 4.49. The molecule has 4 rings (SSSR count). The Morgan fingerprint density at radius 2 is 1.79 bits per heavy atom. The van der Waals surface area contributed by atoms with Gasteiger partial charge >= 0.3 is 0 Å². The van der Waals surface area contributed by atoms with Crippen LogP contribution in [0.1, 0.15) is 31.3 Å². The van der Waals surface area contributed by atoms with Crippen LogP contribution in [0.2, 0.25) is 0 Å². The van der Waals surface area contributed by atoms with Crippen molar-refractivity contribution in [2.75, 3.05) is 32.8 Å². The largest absolute Gasteiger partial charge is 0.494 e. The summed E-state index contributed by atoms with van der Waals surface area (Å²) in [6, 6.07) is 15.9. The lowest BCUT2D eigenvalue weighted by molar-refractivity contribution is 0.0948. The minimum absolute atomic E-state index is 0.0633. The summed E-state index contributed by atoms with van der Waals surface area (Å²) in [5.74, 6) is 1.67. The highest BCUT2D eigenvalue weighted by molar-refractivity contribution is 5.77. The van der Waals surface area contributed by atoms with Gasteiger partial charge in [-0.2, -0.15) is 0 Å². The molecule has 1 saturated heterocycles. The van der Waals surface area contributed by atoms with Gasteiger partial charge in [0.15, 0.2) is 0 Å². The van der Waals surface area contributed by atoms with Crippen LogP contribution in [0.5, 0.6) is 5.75 Å². The maximum atomic E-state index is 12.4. The normalized spacial score (nSPS) is 16.8. The summed E-state index contributed by atoms with van der Waals surface area (Å²) in [6.07, 6.45) is 0. The molecule has 2 heterocycles. The lowest BCUT2D eigenvalue weighted by Gasteiger charge is -2.37. The molecule has 0 amide bonds. The van der Waals surface area contributed by atoms with E-state index in [0.717, 1.165) is 49.8 Å². The Hall–Kier alpha value is -2.70. The van der Waals surface area contributed by atoms with Crippen LogP contribution in [-0.2, 0) is 6.54 Å². The molecule has 1 atom stereocenters. The van der Waals surface area contributed by atoms with E-state index in [1.54, 1.807) is 0 Å². The first kappa shape index (κ1) is 19.6. The minimum atomic E-state index is -0.0633. The first-order valence-corrected chi connectivity index (χ1v) is 10.3. The summed E-state index contributed by atoms with van der Waals surface area (Å²) in [5, 5.41) is 0.642. The first-order valence-electron chi connectivity index (χ1n) is 10.3. The van der Waals surface area contributed by atoms with Gasteiger partial charge in [-0.3, -0.25) is 14.6 Å². The van der Waals surface area contributed by atoms with Gasteiger partial charge in [-0.25, -0.2) is 4.98 Å². The molecule has 0 aliphatic carbocycles. The lowest BCUT2D eigenvalue weighted by Crippen LogP contribution is -2.47. The number of H-pyrrole nitrogens is 1. The molecule has 1 N–H and O–H groups in total. The van der Waals surface area contributed by atoms with Crippen molar-refractivity contribution in [1.82, 2.24) is 19.8 Å². The Balaban J connectivity index is 1.37. The number of aromatic nitrogens is 2. The standard InChI is InChI=1S/C23H28N4O2/c1-3-29-19-10-8-18(9-11-19)16-26-12-14-27(15-13-26)17(2)22-24-21-7-5-4-6-20(21)23(28)25-22/h4-11,17H,3,12-16H2,1-2H3,(H,24,25,28). The summed E-state index contributed by atoms with van der Waals surface area (Å²) in [7, 11) is 0. The highest BCUT2D eigenvalue weighted by Gasteiger charge is 2.24. The third-order valence-corrected chi connectivity index (χ3v) is 5.62. The average molecular weight is 393 g/mol. The van der Waals surface area contributed by atoms with Gasteiger partial charge in [0.2, 0.25) is 0 Å². The maximum Gasteiger partial charge on any atom is 0.258 e. The smallest absolute Gasteiger partial charge is 0.258 e. The predicted octanol–water partition coefficient (Wildman–Crippen LogP) is 3.20.